The lowest BCUT2D eigenvalue weighted by Gasteiger charge is -1.88. The summed E-state index contributed by atoms with van der Waals surface area (Å²) in [5, 5.41) is 8.38. The number of rotatable bonds is 1. The molecule has 0 heterocycles. The van der Waals surface area contributed by atoms with E-state index in [1.54, 1.807) is 30.3 Å². The maximum Gasteiger partial charge on any atom is 0.335 e. The molecule has 5 heteroatoms. The third-order valence-corrected chi connectivity index (χ3v) is 1.02. The van der Waals surface area contributed by atoms with Gasteiger partial charge in [0, 0.05) is 0 Å². The highest BCUT2D eigenvalue weighted by Crippen LogP contribution is 1.96. The lowest BCUT2D eigenvalue weighted by molar-refractivity contribution is 0.0697. The van der Waals surface area contributed by atoms with Gasteiger partial charge in [0.2, 0.25) is 0 Å². The Bertz CT molecular complexity index is 281. The Morgan fingerprint density at radius 1 is 1.08 bits per heavy atom. The number of carbonyl (C=O) groups excluding carboxylic acids is 1. The summed E-state index contributed by atoms with van der Waals surface area (Å²) in [6.07, 6.45) is 0. The monoisotopic (exact) mass is 182 g/mol. The Balaban J connectivity index is 0.000000310. The van der Waals surface area contributed by atoms with Crippen molar-refractivity contribution in [1.29, 1.82) is 0 Å². The molecule has 5 nitrogen and oxygen atoms in total. The van der Waals surface area contributed by atoms with Crippen molar-refractivity contribution in [3.05, 3.63) is 35.9 Å². The van der Waals surface area contributed by atoms with Crippen LogP contribution in [0.1, 0.15) is 10.4 Å². The second-order valence-corrected chi connectivity index (χ2v) is 2.07. The third kappa shape index (κ3) is 6.36. The van der Waals surface area contributed by atoms with Crippen molar-refractivity contribution in [2.24, 2.45) is 11.5 Å². The van der Waals surface area contributed by atoms with E-state index in [4.69, 9.17) is 9.90 Å². The topological polar surface area (TPSA) is 106 Å². The predicted molar refractivity (Wildman–Crippen MR) is 47.2 cm³/mol. The summed E-state index contributed by atoms with van der Waals surface area (Å²) in [7, 11) is 0. The first-order valence-corrected chi connectivity index (χ1v) is 3.37. The van der Waals surface area contributed by atoms with Crippen molar-refractivity contribution < 1.29 is 14.7 Å². The van der Waals surface area contributed by atoms with Crippen LogP contribution in [-0.4, -0.2) is 17.1 Å². The summed E-state index contributed by atoms with van der Waals surface area (Å²) in [5.74, 6) is -0.879. The molecule has 0 aliphatic rings. The molecular formula is C8H10N2O3. The van der Waals surface area contributed by atoms with E-state index in [-0.39, 0.29) is 0 Å². The maximum absolute atomic E-state index is 10.2. The van der Waals surface area contributed by atoms with Crippen LogP contribution in [0.2, 0.25) is 0 Å². The van der Waals surface area contributed by atoms with Crippen LogP contribution in [0.3, 0.4) is 0 Å². The third-order valence-electron chi connectivity index (χ3n) is 1.02. The molecule has 0 atom stereocenters. The summed E-state index contributed by atoms with van der Waals surface area (Å²) >= 11 is 0. The molecule has 2 amide bonds. The van der Waals surface area contributed by atoms with Crippen molar-refractivity contribution in [3.63, 3.8) is 0 Å². The Labute approximate surface area is 75.0 Å². The molecule has 0 fully saturated rings. The smallest absolute Gasteiger partial charge is 0.335 e. The Morgan fingerprint density at radius 2 is 1.46 bits per heavy atom. The molecule has 0 unspecified atom stereocenters. The van der Waals surface area contributed by atoms with E-state index in [1.165, 1.54) is 0 Å². The van der Waals surface area contributed by atoms with Crippen molar-refractivity contribution in [3.8, 4) is 0 Å². The van der Waals surface area contributed by atoms with Crippen LogP contribution in [0.5, 0.6) is 0 Å². The van der Waals surface area contributed by atoms with E-state index in [0.717, 1.165) is 0 Å². The van der Waals surface area contributed by atoms with E-state index in [0.29, 0.717) is 5.56 Å². The van der Waals surface area contributed by atoms with Crippen molar-refractivity contribution in [1.82, 2.24) is 0 Å². The number of hydrogen-bond acceptors (Lipinski definition) is 2. The number of carboxylic acid groups (broad SMARTS) is 1. The van der Waals surface area contributed by atoms with Crippen LogP contribution >= 0.6 is 0 Å². The average molecular weight is 182 g/mol. The van der Waals surface area contributed by atoms with Gasteiger partial charge in [0.15, 0.2) is 0 Å². The van der Waals surface area contributed by atoms with Crippen LogP contribution in [0.25, 0.3) is 0 Å². The molecule has 13 heavy (non-hydrogen) atoms. The summed E-state index contributed by atoms with van der Waals surface area (Å²) in [6, 6.07) is 7.46. The zero-order valence-electron chi connectivity index (χ0n) is 6.81. The van der Waals surface area contributed by atoms with Gasteiger partial charge in [-0.3, -0.25) is 0 Å². The van der Waals surface area contributed by atoms with Crippen LogP contribution < -0.4 is 11.5 Å². The van der Waals surface area contributed by atoms with Gasteiger partial charge in [0.1, 0.15) is 0 Å². The van der Waals surface area contributed by atoms with Crippen LogP contribution in [0, 0.1) is 0 Å². The number of aromatic carboxylic acids is 1. The van der Waals surface area contributed by atoms with Crippen LogP contribution in [0.4, 0.5) is 4.79 Å². The van der Waals surface area contributed by atoms with E-state index in [9.17, 15) is 4.79 Å². The molecule has 0 radical (unpaired) electrons. The molecule has 1 aromatic rings. The molecule has 1 aromatic carbocycles. The molecule has 0 spiro atoms. The molecule has 5 N–H and O–H groups in total. The van der Waals surface area contributed by atoms with Gasteiger partial charge in [-0.15, -0.1) is 0 Å². The number of primary amides is 2. The summed E-state index contributed by atoms with van der Waals surface area (Å²) in [5.41, 5.74) is 8.83. The molecule has 0 saturated carbocycles. The number of nitrogens with two attached hydrogens (primary N) is 2. The molecule has 70 valence electrons. The van der Waals surface area contributed by atoms with Gasteiger partial charge in [-0.1, -0.05) is 18.2 Å². The Hall–Kier alpha value is -2.04. The van der Waals surface area contributed by atoms with Gasteiger partial charge in [0.25, 0.3) is 0 Å². The molecule has 0 aliphatic heterocycles. The normalized spacial score (nSPS) is 8.00. The highest BCUT2D eigenvalue weighted by molar-refractivity contribution is 5.87. The fourth-order valence-corrected chi connectivity index (χ4v) is 0.581. The predicted octanol–water partition coefficient (Wildman–Crippen LogP) is 0.409. The number of hydrogen-bond donors (Lipinski definition) is 3. The van der Waals surface area contributed by atoms with E-state index in [2.05, 4.69) is 11.5 Å². The molecule has 0 bridgehead atoms. The minimum absolute atomic E-state index is 0.331. The van der Waals surface area contributed by atoms with Gasteiger partial charge in [-0.05, 0) is 12.1 Å². The van der Waals surface area contributed by atoms with Gasteiger partial charge in [-0.25, -0.2) is 9.59 Å². The first-order valence-electron chi connectivity index (χ1n) is 3.37. The number of carboxylic acids is 1. The molecule has 1 rings (SSSR count). The van der Waals surface area contributed by atoms with E-state index < -0.39 is 12.0 Å². The quantitative estimate of drug-likeness (QED) is 0.585. The number of amides is 2. The Morgan fingerprint density at radius 3 is 1.69 bits per heavy atom. The first kappa shape index (κ1) is 11.0. The number of carbonyl (C=O) groups is 2. The van der Waals surface area contributed by atoms with Gasteiger partial charge < -0.3 is 16.6 Å². The highest BCUT2D eigenvalue weighted by atomic mass is 16.4. The maximum atomic E-state index is 10.2. The molecule has 0 aromatic heterocycles. The van der Waals surface area contributed by atoms with Crippen molar-refractivity contribution in [2.45, 2.75) is 0 Å². The SMILES string of the molecule is NC(N)=O.O=C(O)c1ccccc1. The van der Waals surface area contributed by atoms with Gasteiger partial charge >= 0.3 is 12.0 Å². The lowest BCUT2D eigenvalue weighted by Crippen LogP contribution is -2.18. The van der Waals surface area contributed by atoms with Gasteiger partial charge in [-0.2, -0.15) is 0 Å². The second-order valence-electron chi connectivity index (χ2n) is 2.07. The second kappa shape index (κ2) is 5.59. The minimum atomic E-state index is -0.879. The number of urea groups is 1. The van der Waals surface area contributed by atoms with Crippen LogP contribution in [-0.2, 0) is 0 Å². The van der Waals surface area contributed by atoms with E-state index >= 15 is 0 Å². The van der Waals surface area contributed by atoms with Crippen molar-refractivity contribution in [2.75, 3.05) is 0 Å². The first-order chi connectivity index (χ1) is 6.04. The minimum Gasteiger partial charge on any atom is -0.478 e. The zero-order valence-corrected chi connectivity index (χ0v) is 6.81. The fourth-order valence-electron chi connectivity index (χ4n) is 0.581. The Kier molecular flexibility index (Phi) is 4.71. The standard InChI is InChI=1S/C7H6O2.CH4N2O/c8-7(9)6-4-2-1-3-5-6;2-1(3)4/h1-5H,(H,8,9);(H4,2,3,4). The molecule has 0 saturated heterocycles. The number of benzene rings is 1. The lowest BCUT2D eigenvalue weighted by atomic mass is 10.2. The molecule has 0 aliphatic carbocycles. The molecular weight excluding hydrogens is 172 g/mol. The van der Waals surface area contributed by atoms with Crippen LogP contribution in [0.15, 0.2) is 30.3 Å². The zero-order chi connectivity index (χ0) is 10.3. The summed E-state index contributed by atoms with van der Waals surface area (Å²) < 4.78 is 0. The van der Waals surface area contributed by atoms with Gasteiger partial charge in [0.05, 0.1) is 5.56 Å². The average Bonchev–Trinajstić information content (AvgIpc) is 2.05. The largest absolute Gasteiger partial charge is 0.478 e. The fraction of sp³-hybridized carbons (Fsp3) is 0. The highest BCUT2D eigenvalue weighted by Gasteiger charge is 1.96. The summed E-state index contributed by atoms with van der Waals surface area (Å²) in [4.78, 5) is 19.2. The van der Waals surface area contributed by atoms with E-state index in [1.807, 2.05) is 0 Å². The van der Waals surface area contributed by atoms with Crippen molar-refractivity contribution >= 4 is 12.0 Å². The summed E-state index contributed by atoms with van der Waals surface area (Å²) in [6.45, 7) is 0.